The van der Waals surface area contributed by atoms with Crippen molar-refractivity contribution in [2.24, 2.45) is 4.99 Å². The summed E-state index contributed by atoms with van der Waals surface area (Å²) in [7, 11) is 0. The van der Waals surface area contributed by atoms with Crippen LogP contribution in [0.25, 0.3) is 0 Å². The van der Waals surface area contributed by atoms with Crippen LogP contribution in [0.15, 0.2) is 53.5 Å². The predicted molar refractivity (Wildman–Crippen MR) is 134 cm³/mol. The Balaban J connectivity index is 0.00000320. The van der Waals surface area contributed by atoms with Crippen LogP contribution in [0.5, 0.6) is 5.75 Å². The molecule has 0 radical (unpaired) electrons. The summed E-state index contributed by atoms with van der Waals surface area (Å²) in [6.45, 7) is 10.3. The first-order valence-electron chi connectivity index (χ1n) is 10.4. The smallest absolute Gasteiger partial charge is 0.191 e. The van der Waals surface area contributed by atoms with Crippen LogP contribution in [0.3, 0.4) is 0 Å². The maximum absolute atomic E-state index is 5.79. The molecule has 0 aromatic heterocycles. The first kappa shape index (κ1) is 24.3. The molecule has 164 valence electrons. The van der Waals surface area contributed by atoms with Crippen molar-refractivity contribution in [3.05, 3.63) is 59.7 Å². The number of guanidine groups is 1. The van der Waals surface area contributed by atoms with Gasteiger partial charge in [0.2, 0.25) is 0 Å². The van der Waals surface area contributed by atoms with Crippen LogP contribution in [-0.4, -0.2) is 52.0 Å². The minimum absolute atomic E-state index is 0. The molecule has 1 fully saturated rings. The molecule has 1 saturated heterocycles. The Morgan fingerprint density at radius 3 is 2.53 bits per heavy atom. The number of aliphatic imine (C=N–C) groups is 1. The van der Waals surface area contributed by atoms with E-state index in [1.165, 1.54) is 16.8 Å². The highest BCUT2D eigenvalue weighted by Crippen LogP contribution is 2.22. The van der Waals surface area contributed by atoms with Crippen molar-refractivity contribution in [3.63, 3.8) is 0 Å². The van der Waals surface area contributed by atoms with Crippen LogP contribution in [0.1, 0.15) is 18.1 Å². The molecule has 7 heteroatoms. The van der Waals surface area contributed by atoms with Gasteiger partial charge in [0.05, 0.1) is 26.3 Å². The number of benzene rings is 2. The summed E-state index contributed by atoms with van der Waals surface area (Å²) in [5.74, 6) is 1.69. The third-order valence-electron chi connectivity index (χ3n) is 4.78. The highest BCUT2D eigenvalue weighted by Gasteiger charge is 2.14. The number of aryl methyl sites for hydroxylation is 1. The Labute approximate surface area is 197 Å². The summed E-state index contributed by atoms with van der Waals surface area (Å²) < 4.78 is 11.3. The highest BCUT2D eigenvalue weighted by molar-refractivity contribution is 14.0. The second-order valence-electron chi connectivity index (χ2n) is 7.01. The van der Waals surface area contributed by atoms with Crippen molar-refractivity contribution < 1.29 is 9.47 Å². The van der Waals surface area contributed by atoms with E-state index in [9.17, 15) is 0 Å². The lowest BCUT2D eigenvalue weighted by Crippen LogP contribution is -2.39. The number of anilines is 1. The summed E-state index contributed by atoms with van der Waals surface area (Å²) in [4.78, 5) is 7.16. The standard InChI is InChI=1S/C23H32N4O2.HI/c1-3-24-23(25-12-15-29-21-10-8-19(2)9-11-21)26-18-20-6-4-5-7-22(20)27-13-16-28-17-14-27;/h4-11H,3,12-18H2,1-2H3,(H2,24,25,26);1H. The molecule has 0 unspecified atom stereocenters. The molecule has 0 aliphatic carbocycles. The first-order valence-corrected chi connectivity index (χ1v) is 10.4. The number of morpholine rings is 1. The molecule has 6 nitrogen and oxygen atoms in total. The van der Waals surface area contributed by atoms with E-state index in [-0.39, 0.29) is 24.0 Å². The van der Waals surface area contributed by atoms with E-state index in [4.69, 9.17) is 14.5 Å². The number of para-hydroxylation sites is 1. The van der Waals surface area contributed by atoms with E-state index in [2.05, 4.69) is 65.8 Å². The molecule has 2 N–H and O–H groups in total. The molecule has 2 aromatic rings. The summed E-state index contributed by atoms with van der Waals surface area (Å²) in [5, 5.41) is 6.66. The van der Waals surface area contributed by atoms with Gasteiger partial charge in [0.25, 0.3) is 0 Å². The number of rotatable bonds is 8. The van der Waals surface area contributed by atoms with Crippen LogP contribution >= 0.6 is 24.0 Å². The zero-order valence-corrected chi connectivity index (χ0v) is 20.2. The minimum Gasteiger partial charge on any atom is -0.492 e. The first-order chi connectivity index (χ1) is 14.3. The molecule has 0 amide bonds. The van der Waals surface area contributed by atoms with Crippen molar-refractivity contribution in [3.8, 4) is 5.75 Å². The Hall–Kier alpha value is -2.00. The third kappa shape index (κ3) is 7.68. The van der Waals surface area contributed by atoms with Gasteiger partial charge in [-0.2, -0.15) is 0 Å². The third-order valence-corrected chi connectivity index (χ3v) is 4.78. The summed E-state index contributed by atoms with van der Waals surface area (Å²) >= 11 is 0. The average Bonchev–Trinajstić information content (AvgIpc) is 2.77. The highest BCUT2D eigenvalue weighted by atomic mass is 127. The van der Waals surface area contributed by atoms with E-state index >= 15 is 0 Å². The minimum atomic E-state index is 0. The molecule has 1 aliphatic heterocycles. The Morgan fingerprint density at radius 2 is 1.80 bits per heavy atom. The van der Waals surface area contributed by atoms with Crippen LogP contribution in [0.2, 0.25) is 0 Å². The fourth-order valence-corrected chi connectivity index (χ4v) is 3.24. The Morgan fingerprint density at radius 1 is 1.07 bits per heavy atom. The van der Waals surface area contributed by atoms with Crippen LogP contribution in [0, 0.1) is 6.92 Å². The molecular weight excluding hydrogens is 491 g/mol. The summed E-state index contributed by atoms with van der Waals surface area (Å²) in [5.41, 5.74) is 3.70. The quantitative estimate of drug-likeness (QED) is 0.239. The SMILES string of the molecule is CCNC(=NCc1ccccc1N1CCOCC1)NCCOc1ccc(C)cc1.I. The number of nitrogens with one attached hydrogen (secondary N) is 2. The van der Waals surface area contributed by atoms with E-state index in [1.54, 1.807) is 0 Å². The molecule has 1 heterocycles. The van der Waals surface area contributed by atoms with Gasteiger partial charge in [0.15, 0.2) is 5.96 Å². The van der Waals surface area contributed by atoms with Crippen molar-refractivity contribution >= 4 is 35.6 Å². The molecule has 2 aromatic carbocycles. The largest absolute Gasteiger partial charge is 0.492 e. The molecule has 30 heavy (non-hydrogen) atoms. The second-order valence-corrected chi connectivity index (χ2v) is 7.01. The van der Waals surface area contributed by atoms with Crippen LogP contribution in [-0.2, 0) is 11.3 Å². The lowest BCUT2D eigenvalue weighted by Gasteiger charge is -2.30. The monoisotopic (exact) mass is 524 g/mol. The zero-order chi connectivity index (χ0) is 20.3. The van der Waals surface area contributed by atoms with Crippen LogP contribution in [0.4, 0.5) is 5.69 Å². The fraction of sp³-hybridized carbons (Fsp3) is 0.435. The predicted octanol–water partition coefficient (Wildman–Crippen LogP) is 3.58. The Bertz CT molecular complexity index is 777. The van der Waals surface area contributed by atoms with Crippen molar-refractivity contribution in [1.29, 1.82) is 0 Å². The lowest BCUT2D eigenvalue weighted by atomic mass is 10.1. The molecule has 0 atom stereocenters. The van der Waals surface area contributed by atoms with E-state index in [0.717, 1.165) is 44.6 Å². The molecule has 0 bridgehead atoms. The summed E-state index contributed by atoms with van der Waals surface area (Å²) in [6.07, 6.45) is 0. The second kappa shape index (κ2) is 13.3. The average molecular weight is 524 g/mol. The fourth-order valence-electron chi connectivity index (χ4n) is 3.24. The van der Waals surface area contributed by atoms with Crippen molar-refractivity contribution in [2.75, 3.05) is 50.9 Å². The van der Waals surface area contributed by atoms with E-state index in [1.807, 2.05) is 12.1 Å². The van der Waals surface area contributed by atoms with Gasteiger partial charge in [-0.1, -0.05) is 35.9 Å². The van der Waals surface area contributed by atoms with Gasteiger partial charge in [0.1, 0.15) is 12.4 Å². The zero-order valence-electron chi connectivity index (χ0n) is 17.9. The summed E-state index contributed by atoms with van der Waals surface area (Å²) in [6, 6.07) is 16.6. The van der Waals surface area contributed by atoms with Gasteiger partial charge in [0, 0.05) is 25.3 Å². The van der Waals surface area contributed by atoms with Gasteiger partial charge in [-0.3, -0.25) is 0 Å². The van der Waals surface area contributed by atoms with E-state index in [0.29, 0.717) is 19.7 Å². The number of hydrogen-bond donors (Lipinski definition) is 2. The molecular formula is C23H33IN4O2. The number of halogens is 1. The molecule has 1 aliphatic rings. The van der Waals surface area contributed by atoms with Gasteiger partial charge in [-0.25, -0.2) is 4.99 Å². The lowest BCUT2D eigenvalue weighted by molar-refractivity contribution is 0.122. The van der Waals surface area contributed by atoms with Gasteiger partial charge in [-0.05, 0) is 37.6 Å². The molecule has 0 saturated carbocycles. The van der Waals surface area contributed by atoms with Gasteiger partial charge in [-0.15, -0.1) is 24.0 Å². The maximum Gasteiger partial charge on any atom is 0.191 e. The normalized spacial score (nSPS) is 14.1. The van der Waals surface area contributed by atoms with Gasteiger partial charge >= 0.3 is 0 Å². The number of ether oxygens (including phenoxy) is 2. The number of hydrogen-bond acceptors (Lipinski definition) is 4. The van der Waals surface area contributed by atoms with Crippen LogP contribution < -0.4 is 20.3 Å². The van der Waals surface area contributed by atoms with Crippen molar-refractivity contribution in [2.45, 2.75) is 20.4 Å². The van der Waals surface area contributed by atoms with E-state index < -0.39 is 0 Å². The molecule has 3 rings (SSSR count). The Kier molecular flexibility index (Phi) is 10.8. The molecule has 0 spiro atoms. The van der Waals surface area contributed by atoms with Gasteiger partial charge < -0.3 is 25.0 Å². The topological polar surface area (TPSA) is 58.1 Å². The number of nitrogens with zero attached hydrogens (tertiary/aromatic N) is 2. The maximum atomic E-state index is 5.79. The van der Waals surface area contributed by atoms with Crippen molar-refractivity contribution in [1.82, 2.24) is 10.6 Å².